The molecule has 0 heterocycles. The number of hydrogen-bond donors (Lipinski definition) is 2. The minimum atomic E-state index is -0.892. The van der Waals surface area contributed by atoms with Gasteiger partial charge in [0.25, 0.3) is 0 Å². The Kier molecular flexibility index (Phi) is 10.0. The third kappa shape index (κ3) is 6.11. The van der Waals surface area contributed by atoms with Gasteiger partial charge in [0, 0.05) is 7.85 Å². The molecule has 31 heavy (non-hydrogen) atoms. The predicted molar refractivity (Wildman–Crippen MR) is 146 cm³/mol. The average Bonchev–Trinajstić information content (AvgIpc) is 2.67. The van der Waals surface area contributed by atoms with E-state index >= 15 is 0 Å². The summed E-state index contributed by atoms with van der Waals surface area (Å²) in [6.45, 7) is 18.9. The number of halogens is 2. The van der Waals surface area contributed by atoms with Crippen molar-refractivity contribution in [2.24, 2.45) is 52.6 Å². The Morgan fingerprint density at radius 2 is 1.58 bits per heavy atom. The molecule has 0 radical (unpaired) electrons. The van der Waals surface area contributed by atoms with Crippen LogP contribution in [0.1, 0.15) is 74.7 Å². The summed E-state index contributed by atoms with van der Waals surface area (Å²) in [5, 5.41) is 9.32. The lowest BCUT2D eigenvalue weighted by molar-refractivity contribution is -0.144. The van der Waals surface area contributed by atoms with Gasteiger partial charge in [0.2, 0.25) is 0 Å². The van der Waals surface area contributed by atoms with E-state index in [0.717, 1.165) is 5.92 Å². The molecule has 2 aliphatic carbocycles. The number of carboxylic acids is 1. The summed E-state index contributed by atoms with van der Waals surface area (Å²) in [6.07, 6.45) is 3.51. The number of aliphatic carboxylic acids is 1. The van der Waals surface area contributed by atoms with Crippen LogP contribution >= 0.6 is 45.2 Å². The topological polar surface area (TPSA) is 72.5 Å². The first kappa shape index (κ1) is 28.1. The SMILES string of the molecule is CCC1CC(C)C(OC2C(I)C(C)C(CC(N)C(=O)O)C(C)C2I)C(C)C1C(C)(C)C. The molecule has 0 spiro atoms. The van der Waals surface area contributed by atoms with E-state index in [1.807, 2.05) is 0 Å². The average molecular weight is 661 g/mol. The Hall–Kier alpha value is 0.850. The first-order valence-electron chi connectivity index (χ1n) is 12.1. The van der Waals surface area contributed by atoms with E-state index < -0.39 is 12.0 Å². The van der Waals surface area contributed by atoms with Crippen LogP contribution in [0.3, 0.4) is 0 Å². The van der Waals surface area contributed by atoms with E-state index in [2.05, 4.69) is 101 Å². The van der Waals surface area contributed by atoms with Crippen LogP contribution in [0.2, 0.25) is 0 Å². The van der Waals surface area contributed by atoms with Crippen LogP contribution in [0.4, 0.5) is 0 Å². The van der Waals surface area contributed by atoms with Crippen molar-refractivity contribution in [2.75, 3.05) is 0 Å². The van der Waals surface area contributed by atoms with Crippen LogP contribution in [0.25, 0.3) is 0 Å². The van der Waals surface area contributed by atoms with Crippen molar-refractivity contribution in [1.29, 1.82) is 0 Å². The largest absolute Gasteiger partial charge is 0.480 e. The molecule has 4 nitrogen and oxygen atoms in total. The molecule has 10 unspecified atom stereocenters. The molecule has 0 aliphatic heterocycles. The molecule has 0 aromatic heterocycles. The van der Waals surface area contributed by atoms with Gasteiger partial charge in [0.15, 0.2) is 0 Å². The Morgan fingerprint density at radius 3 is 2.00 bits per heavy atom. The summed E-state index contributed by atoms with van der Waals surface area (Å²) in [7, 11) is 0. The van der Waals surface area contributed by atoms with Crippen molar-refractivity contribution in [3.8, 4) is 0 Å². The monoisotopic (exact) mass is 661 g/mol. The van der Waals surface area contributed by atoms with Gasteiger partial charge in [-0.25, -0.2) is 0 Å². The molecule has 0 aromatic carbocycles. The highest BCUT2D eigenvalue weighted by Gasteiger charge is 2.51. The van der Waals surface area contributed by atoms with Crippen LogP contribution in [-0.2, 0) is 9.53 Å². The summed E-state index contributed by atoms with van der Waals surface area (Å²) < 4.78 is 7.80. The molecule has 0 bridgehead atoms. The van der Waals surface area contributed by atoms with E-state index in [4.69, 9.17) is 10.5 Å². The van der Waals surface area contributed by atoms with Crippen LogP contribution < -0.4 is 5.73 Å². The Balaban J connectivity index is 2.22. The predicted octanol–water partition coefficient (Wildman–Crippen LogP) is 6.42. The third-order valence-corrected chi connectivity index (χ3v) is 12.2. The number of carbonyl (C=O) groups is 1. The van der Waals surface area contributed by atoms with Gasteiger partial charge in [0.1, 0.15) is 6.04 Å². The molecular weight excluding hydrogens is 616 g/mol. The molecule has 0 saturated heterocycles. The van der Waals surface area contributed by atoms with E-state index in [1.54, 1.807) is 0 Å². The fraction of sp³-hybridized carbons (Fsp3) is 0.960. The lowest BCUT2D eigenvalue weighted by Crippen LogP contribution is -2.56. The molecule has 0 aromatic rings. The van der Waals surface area contributed by atoms with Crippen molar-refractivity contribution in [3.63, 3.8) is 0 Å². The van der Waals surface area contributed by atoms with Gasteiger partial charge in [0.05, 0.1) is 12.2 Å². The molecule has 2 saturated carbocycles. The Bertz CT molecular complexity index is 594. The molecule has 182 valence electrons. The number of hydrogen-bond acceptors (Lipinski definition) is 3. The highest BCUT2D eigenvalue weighted by atomic mass is 127. The maximum atomic E-state index is 11.4. The zero-order valence-corrected chi connectivity index (χ0v) is 25.0. The smallest absolute Gasteiger partial charge is 0.320 e. The summed E-state index contributed by atoms with van der Waals surface area (Å²) >= 11 is 5.15. The second kappa shape index (κ2) is 11.1. The maximum Gasteiger partial charge on any atom is 0.320 e. The molecule has 0 amide bonds. The van der Waals surface area contributed by atoms with Crippen molar-refractivity contribution >= 4 is 51.2 Å². The summed E-state index contributed by atoms with van der Waals surface area (Å²) in [5.41, 5.74) is 6.21. The Morgan fingerprint density at radius 1 is 1.06 bits per heavy atom. The van der Waals surface area contributed by atoms with Gasteiger partial charge in [-0.2, -0.15) is 0 Å². The number of nitrogens with two attached hydrogens (primary N) is 1. The quantitative estimate of drug-likeness (QED) is 0.255. The highest BCUT2D eigenvalue weighted by Crippen LogP contribution is 2.51. The van der Waals surface area contributed by atoms with Gasteiger partial charge in [-0.1, -0.05) is 107 Å². The van der Waals surface area contributed by atoms with Gasteiger partial charge in [-0.15, -0.1) is 0 Å². The zero-order valence-electron chi connectivity index (χ0n) is 20.6. The van der Waals surface area contributed by atoms with E-state index in [-0.39, 0.29) is 17.6 Å². The first-order valence-corrected chi connectivity index (χ1v) is 14.6. The van der Waals surface area contributed by atoms with Gasteiger partial charge in [-0.3, -0.25) is 4.79 Å². The van der Waals surface area contributed by atoms with Crippen LogP contribution in [0, 0.1) is 46.8 Å². The van der Waals surface area contributed by atoms with Gasteiger partial charge >= 0.3 is 5.97 Å². The van der Waals surface area contributed by atoms with E-state index in [0.29, 0.717) is 49.8 Å². The van der Waals surface area contributed by atoms with Crippen molar-refractivity contribution in [1.82, 2.24) is 0 Å². The molecule has 2 rings (SSSR count). The third-order valence-electron chi connectivity index (χ3n) is 8.49. The second-order valence-corrected chi connectivity index (χ2v) is 14.5. The van der Waals surface area contributed by atoms with Crippen LogP contribution in [0.5, 0.6) is 0 Å². The molecule has 10 atom stereocenters. The van der Waals surface area contributed by atoms with E-state index in [1.165, 1.54) is 12.8 Å². The van der Waals surface area contributed by atoms with Crippen molar-refractivity contribution < 1.29 is 14.6 Å². The number of alkyl halides is 2. The maximum absolute atomic E-state index is 11.4. The molecule has 2 fully saturated rings. The minimum Gasteiger partial charge on any atom is -0.480 e. The molecule has 6 heteroatoms. The standard InChI is InChI=1S/C25H45I2NO3/c1-9-16-10-12(2)22(15(5)19(16)25(6,7)8)31-23-20(26)13(3)17(14(4)21(23)27)11-18(28)24(29)30/h12-23H,9-11,28H2,1-8H3,(H,29,30). The summed E-state index contributed by atoms with van der Waals surface area (Å²) in [5.74, 6) is 2.71. The second-order valence-electron chi connectivity index (χ2n) is 11.6. The van der Waals surface area contributed by atoms with Crippen molar-refractivity contribution in [3.05, 3.63) is 0 Å². The van der Waals surface area contributed by atoms with E-state index in [9.17, 15) is 9.90 Å². The first-order chi connectivity index (χ1) is 14.2. The van der Waals surface area contributed by atoms with Gasteiger partial charge < -0.3 is 15.6 Å². The summed E-state index contributed by atoms with van der Waals surface area (Å²) in [6, 6.07) is -0.781. The number of rotatable bonds is 6. The summed E-state index contributed by atoms with van der Waals surface area (Å²) in [4.78, 5) is 11.4. The zero-order chi connectivity index (χ0) is 23.8. The molecular formula is C25H45I2NO3. The van der Waals surface area contributed by atoms with Crippen LogP contribution in [0.15, 0.2) is 0 Å². The fourth-order valence-electron chi connectivity index (χ4n) is 6.96. The number of ether oxygens (including phenoxy) is 1. The normalized spacial score (nSPS) is 45.3. The van der Waals surface area contributed by atoms with Crippen molar-refractivity contribution in [2.45, 2.75) is 101 Å². The number of carboxylic acid groups (broad SMARTS) is 1. The van der Waals surface area contributed by atoms with Crippen LogP contribution in [-0.4, -0.2) is 37.2 Å². The lowest BCUT2D eigenvalue weighted by Gasteiger charge is -2.53. The lowest BCUT2D eigenvalue weighted by atomic mass is 9.58. The molecule has 2 aliphatic rings. The highest BCUT2D eigenvalue weighted by molar-refractivity contribution is 14.1. The molecule has 3 N–H and O–H groups in total. The Labute approximate surface area is 217 Å². The van der Waals surface area contributed by atoms with Gasteiger partial charge in [-0.05, 0) is 59.7 Å². The fourth-order valence-corrected chi connectivity index (χ4v) is 10.1. The minimum absolute atomic E-state index is 0.192.